The van der Waals surface area contributed by atoms with Gasteiger partial charge in [-0.25, -0.2) is 8.42 Å². The van der Waals surface area contributed by atoms with Crippen LogP contribution in [0.2, 0.25) is 0 Å². The zero-order chi connectivity index (χ0) is 23.1. The van der Waals surface area contributed by atoms with E-state index in [1.165, 1.54) is 15.6 Å². The van der Waals surface area contributed by atoms with Crippen molar-refractivity contribution < 1.29 is 16.8 Å². The molecule has 8 nitrogen and oxygen atoms in total. The van der Waals surface area contributed by atoms with Crippen LogP contribution in [0.4, 0.5) is 5.69 Å². The van der Waals surface area contributed by atoms with Gasteiger partial charge in [-0.3, -0.25) is 4.90 Å². The van der Waals surface area contributed by atoms with Crippen LogP contribution in [-0.4, -0.2) is 64.6 Å². The fourth-order valence-corrected chi connectivity index (χ4v) is 8.47. The maximum absolute atomic E-state index is 12.9. The summed E-state index contributed by atoms with van der Waals surface area (Å²) >= 11 is 2.76. The molecule has 4 heterocycles. The van der Waals surface area contributed by atoms with Gasteiger partial charge < -0.3 is 5.32 Å². The second-order valence-electron chi connectivity index (χ2n) is 7.79. The Hall–Kier alpha value is -2.09. The zero-order valence-corrected chi connectivity index (χ0v) is 20.8. The number of hydrogen-bond donors (Lipinski definition) is 1. The largest absolute Gasteiger partial charge is 0.341 e. The molecule has 0 saturated carbocycles. The fraction of sp³-hybridized carbons (Fsp3) is 0.286. The van der Waals surface area contributed by atoms with E-state index in [1.54, 1.807) is 41.0 Å². The summed E-state index contributed by atoms with van der Waals surface area (Å²) in [5.74, 6) is 0.348. The van der Waals surface area contributed by atoms with Crippen molar-refractivity contribution in [2.75, 3.05) is 38.0 Å². The van der Waals surface area contributed by atoms with E-state index in [4.69, 9.17) is 0 Å². The van der Waals surface area contributed by atoms with Gasteiger partial charge in [-0.1, -0.05) is 18.2 Å². The predicted molar refractivity (Wildman–Crippen MR) is 132 cm³/mol. The Morgan fingerprint density at radius 3 is 2.58 bits per heavy atom. The summed E-state index contributed by atoms with van der Waals surface area (Å²) in [5, 5.41) is 6.86. The minimum Gasteiger partial charge on any atom is -0.341 e. The van der Waals surface area contributed by atoms with Gasteiger partial charge in [0.1, 0.15) is 14.9 Å². The van der Waals surface area contributed by atoms with Crippen molar-refractivity contribution in [1.82, 2.24) is 9.21 Å². The molecule has 3 aromatic rings. The molecular formula is C21H22N4O4S4. The Morgan fingerprint density at radius 2 is 1.82 bits per heavy atom. The van der Waals surface area contributed by atoms with Crippen molar-refractivity contribution >= 4 is 54.2 Å². The van der Waals surface area contributed by atoms with Crippen LogP contribution in [0.25, 0.3) is 10.4 Å². The Balaban J connectivity index is 1.30. The van der Waals surface area contributed by atoms with Gasteiger partial charge >= 0.3 is 0 Å². The maximum atomic E-state index is 12.9. The minimum absolute atomic E-state index is 0.168. The molecular weight excluding hydrogens is 501 g/mol. The molecule has 5 rings (SSSR count). The van der Waals surface area contributed by atoms with E-state index in [0.717, 1.165) is 10.4 Å². The van der Waals surface area contributed by atoms with Crippen LogP contribution < -0.4 is 5.32 Å². The summed E-state index contributed by atoms with van der Waals surface area (Å²) in [4.78, 5) is 3.20. The molecule has 2 aliphatic heterocycles. The Kier molecular flexibility index (Phi) is 6.14. The zero-order valence-electron chi connectivity index (χ0n) is 17.5. The van der Waals surface area contributed by atoms with Gasteiger partial charge in [0.05, 0.1) is 12.2 Å². The minimum atomic E-state index is -3.83. The Bertz CT molecular complexity index is 1380. The summed E-state index contributed by atoms with van der Waals surface area (Å²) in [5.41, 5.74) is 1.35. The number of rotatable bonds is 5. The van der Waals surface area contributed by atoms with E-state index in [1.807, 2.05) is 28.5 Å². The van der Waals surface area contributed by atoms with Crippen molar-refractivity contribution in [1.29, 1.82) is 0 Å². The fourth-order valence-electron chi connectivity index (χ4n) is 3.97. The molecule has 0 bridgehead atoms. The molecule has 1 saturated heterocycles. The lowest BCUT2D eigenvalue weighted by Crippen LogP contribution is -2.39. The molecule has 0 aliphatic carbocycles. The van der Waals surface area contributed by atoms with Crippen LogP contribution in [0, 0.1) is 0 Å². The van der Waals surface area contributed by atoms with Gasteiger partial charge in [0.15, 0.2) is 0 Å². The summed E-state index contributed by atoms with van der Waals surface area (Å²) in [6, 6.07) is 12.6. The van der Waals surface area contributed by atoms with Crippen LogP contribution in [0.15, 0.2) is 66.7 Å². The van der Waals surface area contributed by atoms with Crippen LogP contribution in [0.3, 0.4) is 0 Å². The average molecular weight is 523 g/mol. The Labute approximate surface area is 201 Å². The van der Waals surface area contributed by atoms with Gasteiger partial charge in [0.25, 0.3) is 20.0 Å². The second kappa shape index (κ2) is 8.93. The highest BCUT2D eigenvalue weighted by atomic mass is 32.2. The number of fused-ring (bicyclic) bond motifs is 1. The standard InChI is InChI=1S/C21H22N4O4S4/c26-32(27)19-14-16(18-4-1-12-30-18)6-7-17(19)22-20(23-32)15-24-8-3-9-25(11-10-24)33(28,29)21-5-2-13-31-21/h1-2,4-7,12-14H,3,8-11,15H2,(H,22,23). The van der Waals surface area contributed by atoms with E-state index < -0.39 is 20.0 Å². The molecule has 0 amide bonds. The smallest absolute Gasteiger partial charge is 0.286 e. The first-order valence-electron chi connectivity index (χ1n) is 10.4. The van der Waals surface area contributed by atoms with Gasteiger partial charge in [0.2, 0.25) is 0 Å². The lowest BCUT2D eigenvalue weighted by atomic mass is 10.1. The van der Waals surface area contributed by atoms with E-state index >= 15 is 0 Å². The number of anilines is 1. The lowest BCUT2D eigenvalue weighted by molar-refractivity contribution is 0.324. The highest BCUT2D eigenvalue weighted by Gasteiger charge is 2.30. The molecule has 2 aliphatic rings. The molecule has 1 aromatic carbocycles. The van der Waals surface area contributed by atoms with E-state index in [9.17, 15) is 16.8 Å². The first-order chi connectivity index (χ1) is 15.8. The quantitative estimate of drug-likeness (QED) is 0.552. The van der Waals surface area contributed by atoms with Crippen molar-refractivity contribution in [3.63, 3.8) is 0 Å². The van der Waals surface area contributed by atoms with E-state index in [2.05, 4.69) is 9.71 Å². The van der Waals surface area contributed by atoms with Crippen molar-refractivity contribution in [3.8, 4) is 10.4 Å². The molecule has 1 fully saturated rings. The van der Waals surface area contributed by atoms with Gasteiger partial charge in [0, 0.05) is 24.5 Å². The topological polar surface area (TPSA) is 99.2 Å². The molecule has 12 heteroatoms. The first-order valence-corrected chi connectivity index (χ1v) is 15.0. The molecule has 0 radical (unpaired) electrons. The van der Waals surface area contributed by atoms with Crippen molar-refractivity contribution in [3.05, 3.63) is 53.2 Å². The van der Waals surface area contributed by atoms with Crippen LogP contribution in [0.5, 0.6) is 0 Å². The number of nitrogens with one attached hydrogen (secondary N) is 1. The third kappa shape index (κ3) is 4.63. The van der Waals surface area contributed by atoms with Crippen molar-refractivity contribution in [2.24, 2.45) is 4.40 Å². The number of benzene rings is 1. The number of nitrogens with zero attached hydrogens (tertiary/aromatic N) is 3. The molecule has 0 atom stereocenters. The van der Waals surface area contributed by atoms with Crippen molar-refractivity contribution in [2.45, 2.75) is 15.5 Å². The molecule has 2 aromatic heterocycles. The van der Waals surface area contributed by atoms with E-state index in [0.29, 0.717) is 54.9 Å². The highest BCUT2D eigenvalue weighted by Crippen LogP contribution is 2.34. The molecule has 0 spiro atoms. The summed E-state index contributed by atoms with van der Waals surface area (Å²) in [7, 11) is -7.33. The summed E-state index contributed by atoms with van der Waals surface area (Å²) < 4.78 is 57.3. The monoisotopic (exact) mass is 522 g/mol. The van der Waals surface area contributed by atoms with Crippen LogP contribution in [-0.2, 0) is 20.0 Å². The van der Waals surface area contributed by atoms with Gasteiger partial charge in [-0.15, -0.1) is 27.1 Å². The lowest BCUT2D eigenvalue weighted by Gasteiger charge is -2.25. The second-order valence-corrected chi connectivity index (χ2v) is 13.4. The number of sulfonamides is 2. The molecule has 0 unspecified atom stereocenters. The maximum Gasteiger partial charge on any atom is 0.286 e. The summed E-state index contributed by atoms with van der Waals surface area (Å²) in [6.45, 7) is 2.24. The third-order valence-corrected chi connectivity index (χ3v) is 11.1. The third-order valence-electron chi connectivity index (χ3n) is 5.58. The number of hydrogen-bond acceptors (Lipinski definition) is 8. The summed E-state index contributed by atoms with van der Waals surface area (Å²) in [6.07, 6.45) is 0.658. The Morgan fingerprint density at radius 1 is 1.00 bits per heavy atom. The van der Waals surface area contributed by atoms with Crippen LogP contribution >= 0.6 is 22.7 Å². The first kappa shape index (κ1) is 22.7. The predicted octanol–water partition coefficient (Wildman–Crippen LogP) is 3.39. The van der Waals surface area contributed by atoms with Crippen LogP contribution in [0.1, 0.15) is 6.42 Å². The highest BCUT2D eigenvalue weighted by molar-refractivity contribution is 7.91. The average Bonchev–Trinajstić information content (AvgIpc) is 3.46. The molecule has 1 N–H and O–H groups in total. The SMILES string of the molecule is O=S1(=O)N=C(CN2CCCN(S(=O)(=O)c3cccs3)CC2)Nc2ccc(-c3cccs3)cc21. The number of amidine groups is 1. The van der Waals surface area contributed by atoms with Gasteiger partial charge in [-0.05, 0) is 53.6 Å². The van der Waals surface area contributed by atoms with E-state index in [-0.39, 0.29) is 4.90 Å². The van der Waals surface area contributed by atoms with Gasteiger partial charge in [-0.2, -0.15) is 12.7 Å². The molecule has 174 valence electrons. The normalized spacial score (nSPS) is 19.3. The number of thiophene rings is 2. The molecule has 33 heavy (non-hydrogen) atoms.